The molecule has 108 valence electrons. The molecule has 0 aliphatic heterocycles. The Labute approximate surface area is 123 Å². The zero-order valence-corrected chi connectivity index (χ0v) is 12.2. The number of nitro benzene ring substituents is 1. The third-order valence-corrected chi connectivity index (χ3v) is 3.96. The largest absolute Gasteiger partial charge is 0.290 e. The molecule has 7 heteroatoms. The van der Waals surface area contributed by atoms with Crippen molar-refractivity contribution in [2.24, 2.45) is 4.40 Å². The Bertz CT molecular complexity index is 730. The lowest BCUT2D eigenvalue weighted by Gasteiger charge is -2.09. The lowest BCUT2D eigenvalue weighted by atomic mass is 9.99. The zero-order chi connectivity index (χ0) is 15.6. The van der Waals surface area contributed by atoms with E-state index >= 15 is 0 Å². The third kappa shape index (κ3) is 3.38. The van der Waals surface area contributed by atoms with Gasteiger partial charge in [-0.15, -0.1) is 0 Å². The van der Waals surface area contributed by atoms with Gasteiger partial charge in [0.1, 0.15) is 0 Å². The molecule has 1 aliphatic rings. The molecule has 0 heterocycles. The number of nitro groups is 1. The van der Waals surface area contributed by atoms with Crippen LogP contribution in [-0.4, -0.2) is 20.6 Å². The normalized spacial score (nSPS) is 18.2. The van der Waals surface area contributed by atoms with Crippen LogP contribution in [0, 0.1) is 10.1 Å². The summed E-state index contributed by atoms with van der Waals surface area (Å²) in [6.45, 7) is 3.38. The Balaban J connectivity index is 2.29. The van der Waals surface area contributed by atoms with Crippen LogP contribution in [0.1, 0.15) is 13.8 Å². The molecule has 0 N–H and O–H groups in total. The van der Waals surface area contributed by atoms with E-state index in [9.17, 15) is 19.1 Å². The van der Waals surface area contributed by atoms with Gasteiger partial charge in [-0.1, -0.05) is 0 Å². The van der Waals surface area contributed by atoms with Crippen LogP contribution in [0.15, 0.2) is 56.9 Å². The van der Waals surface area contributed by atoms with Crippen LogP contribution in [0.3, 0.4) is 0 Å². The van der Waals surface area contributed by atoms with E-state index in [0.29, 0.717) is 21.8 Å². The van der Waals surface area contributed by atoms with Gasteiger partial charge in [-0.2, -0.15) is 4.40 Å². The van der Waals surface area contributed by atoms with Gasteiger partial charge in [0.25, 0.3) is 5.69 Å². The number of rotatable bonds is 3. The number of hydrogen-bond donors (Lipinski definition) is 0. The topological polar surface area (TPSA) is 89.6 Å². The van der Waals surface area contributed by atoms with Gasteiger partial charge in [-0.05, 0) is 49.3 Å². The van der Waals surface area contributed by atoms with E-state index in [1.54, 1.807) is 19.9 Å². The second kappa shape index (κ2) is 5.92. The Morgan fingerprint density at radius 2 is 1.71 bits per heavy atom. The minimum absolute atomic E-state index is 0.0708. The van der Waals surface area contributed by atoms with Crippen molar-refractivity contribution in [2.45, 2.75) is 18.7 Å². The van der Waals surface area contributed by atoms with Crippen LogP contribution in [0.25, 0.3) is 0 Å². The maximum absolute atomic E-state index is 12.1. The minimum atomic E-state index is -1.68. The highest BCUT2D eigenvalue weighted by Gasteiger charge is 2.14. The molecule has 0 saturated carbocycles. The summed E-state index contributed by atoms with van der Waals surface area (Å²) in [6.07, 6.45) is 3.03. The predicted octanol–water partition coefficient (Wildman–Crippen LogP) is 2.53. The molecule has 1 aromatic rings. The van der Waals surface area contributed by atoms with E-state index in [0.717, 1.165) is 0 Å². The molecule has 0 spiro atoms. The summed E-state index contributed by atoms with van der Waals surface area (Å²) in [4.78, 5) is 21.9. The molecule has 1 aliphatic carbocycles. The number of benzene rings is 1. The fourth-order valence-corrected chi connectivity index (χ4v) is 2.55. The summed E-state index contributed by atoms with van der Waals surface area (Å²) >= 11 is 0. The number of nitrogens with zero attached hydrogens (tertiary/aromatic N) is 2. The lowest BCUT2D eigenvalue weighted by molar-refractivity contribution is -0.384. The van der Waals surface area contributed by atoms with Crippen molar-refractivity contribution in [1.29, 1.82) is 0 Å². The maximum Gasteiger partial charge on any atom is 0.269 e. The van der Waals surface area contributed by atoms with Gasteiger partial charge >= 0.3 is 0 Å². The van der Waals surface area contributed by atoms with Crippen molar-refractivity contribution in [2.75, 3.05) is 0 Å². The highest BCUT2D eigenvalue weighted by atomic mass is 32.2. The highest BCUT2D eigenvalue weighted by Crippen LogP contribution is 2.18. The highest BCUT2D eigenvalue weighted by molar-refractivity contribution is 7.84. The molecule has 21 heavy (non-hydrogen) atoms. The Kier molecular flexibility index (Phi) is 4.23. The van der Waals surface area contributed by atoms with Crippen LogP contribution in [0.2, 0.25) is 0 Å². The van der Waals surface area contributed by atoms with Gasteiger partial charge in [-0.25, -0.2) is 4.21 Å². The molecule has 0 amide bonds. The zero-order valence-electron chi connectivity index (χ0n) is 11.4. The van der Waals surface area contributed by atoms with Crippen LogP contribution < -0.4 is 0 Å². The third-order valence-electron chi connectivity index (χ3n) is 2.92. The molecular weight excluding hydrogens is 292 g/mol. The van der Waals surface area contributed by atoms with E-state index in [1.807, 2.05) is 0 Å². The van der Waals surface area contributed by atoms with Crippen molar-refractivity contribution < 1.29 is 13.9 Å². The van der Waals surface area contributed by atoms with Crippen LogP contribution in [0.5, 0.6) is 0 Å². The van der Waals surface area contributed by atoms with Crippen LogP contribution in [-0.2, 0) is 15.8 Å². The molecule has 0 aromatic heterocycles. The van der Waals surface area contributed by atoms with Crippen LogP contribution in [0.4, 0.5) is 5.69 Å². The Morgan fingerprint density at radius 3 is 2.29 bits per heavy atom. The summed E-state index contributed by atoms with van der Waals surface area (Å²) < 4.78 is 16.2. The van der Waals surface area contributed by atoms with Crippen molar-refractivity contribution in [3.63, 3.8) is 0 Å². The number of ketones is 1. The first kappa shape index (κ1) is 15.0. The smallest absolute Gasteiger partial charge is 0.269 e. The van der Waals surface area contributed by atoms with Gasteiger partial charge in [0.2, 0.25) is 0 Å². The van der Waals surface area contributed by atoms with E-state index in [4.69, 9.17) is 0 Å². The molecular formula is C14H12N2O4S. The summed E-state index contributed by atoms with van der Waals surface area (Å²) in [5.41, 5.74) is 1.57. The number of non-ortho nitro benzene ring substituents is 1. The molecule has 0 fully saturated rings. The van der Waals surface area contributed by atoms with Crippen LogP contribution >= 0.6 is 0 Å². The summed E-state index contributed by atoms with van der Waals surface area (Å²) in [5, 5.41) is 10.6. The van der Waals surface area contributed by atoms with Gasteiger partial charge < -0.3 is 0 Å². The molecule has 6 nitrogen and oxygen atoms in total. The van der Waals surface area contributed by atoms with Gasteiger partial charge in [0.05, 0.1) is 15.5 Å². The molecule has 1 unspecified atom stereocenters. The fraction of sp³-hybridized carbons (Fsp3) is 0.143. The predicted molar refractivity (Wildman–Crippen MR) is 79.5 cm³/mol. The molecule has 0 radical (unpaired) electrons. The first-order chi connectivity index (χ1) is 9.88. The molecule has 1 atom stereocenters. The number of hydrogen-bond acceptors (Lipinski definition) is 4. The standard InChI is InChI=1S/C14H12N2O4S/c1-9-8-14(17)10(2)7-13(9)15-21(20)12-5-3-11(4-6-12)16(18)19/h3-8H,1-2H3. The van der Waals surface area contributed by atoms with Crippen molar-refractivity contribution in [1.82, 2.24) is 0 Å². The maximum atomic E-state index is 12.1. The van der Waals surface area contributed by atoms with E-state index in [1.165, 1.54) is 30.3 Å². The van der Waals surface area contributed by atoms with Crippen molar-refractivity contribution >= 4 is 28.2 Å². The number of carbonyl (C=O) groups is 1. The van der Waals surface area contributed by atoms with Gasteiger partial charge in [0, 0.05) is 12.1 Å². The average molecular weight is 304 g/mol. The second-order valence-electron chi connectivity index (χ2n) is 4.50. The van der Waals surface area contributed by atoms with Crippen molar-refractivity contribution in [3.05, 3.63) is 57.7 Å². The molecule has 0 saturated heterocycles. The second-order valence-corrected chi connectivity index (χ2v) is 5.65. The number of carbonyl (C=O) groups excluding carboxylic acids is 1. The monoisotopic (exact) mass is 304 g/mol. The molecule has 0 bridgehead atoms. The fourth-order valence-electron chi connectivity index (χ4n) is 1.70. The average Bonchev–Trinajstić information content (AvgIpc) is 2.44. The Morgan fingerprint density at radius 1 is 1.10 bits per heavy atom. The first-order valence-electron chi connectivity index (χ1n) is 6.05. The lowest BCUT2D eigenvalue weighted by Crippen LogP contribution is -2.10. The molecule has 2 rings (SSSR count). The number of allylic oxidation sites excluding steroid dienone is 4. The first-order valence-corrected chi connectivity index (χ1v) is 7.15. The quantitative estimate of drug-likeness (QED) is 0.487. The minimum Gasteiger partial charge on any atom is -0.290 e. The Hall–Kier alpha value is -2.41. The van der Waals surface area contributed by atoms with E-state index < -0.39 is 15.9 Å². The summed E-state index contributed by atoms with van der Waals surface area (Å²) in [6, 6.07) is 5.37. The van der Waals surface area contributed by atoms with Crippen molar-refractivity contribution in [3.8, 4) is 0 Å². The summed E-state index contributed by atoms with van der Waals surface area (Å²) in [5.74, 6) is -0.0902. The molecule has 1 aromatic carbocycles. The van der Waals surface area contributed by atoms with E-state index in [-0.39, 0.29) is 11.5 Å². The summed E-state index contributed by atoms with van der Waals surface area (Å²) in [7, 11) is -1.68. The van der Waals surface area contributed by atoms with Gasteiger partial charge in [0.15, 0.2) is 16.8 Å². The SMILES string of the molecule is CC1=CC(=NS(=O)c2ccc([N+](=O)[O-])cc2)C(C)=CC1=O. The van der Waals surface area contributed by atoms with Gasteiger partial charge in [-0.3, -0.25) is 14.9 Å². The van der Waals surface area contributed by atoms with E-state index in [2.05, 4.69) is 4.40 Å².